The fraction of sp³-hybridized carbons (Fsp3) is 0.462. The summed E-state index contributed by atoms with van der Waals surface area (Å²) in [6, 6.07) is 22.7. The molecule has 3 aromatic carbocycles. The van der Waals surface area contributed by atoms with Crippen molar-refractivity contribution in [3.05, 3.63) is 108 Å². The summed E-state index contributed by atoms with van der Waals surface area (Å²) in [5, 5.41) is 0. The molecule has 0 amide bonds. The molecule has 1 aliphatic carbocycles. The molecule has 18 nitrogen and oxygen atoms in total. The summed E-state index contributed by atoms with van der Waals surface area (Å²) < 4.78 is 113. The van der Waals surface area contributed by atoms with Crippen LogP contribution in [0.3, 0.4) is 0 Å². The number of esters is 3. The van der Waals surface area contributed by atoms with Crippen LogP contribution < -0.4 is 0 Å². The Bertz CT molecular complexity index is 1920. The second kappa shape index (κ2) is 23.6. The van der Waals surface area contributed by atoms with Crippen molar-refractivity contribution in [1.82, 2.24) is 0 Å². The molecule has 60 heavy (non-hydrogen) atoms. The summed E-state index contributed by atoms with van der Waals surface area (Å²) in [4.78, 5) is 42.3. The molecule has 0 heterocycles. The first kappa shape index (κ1) is 49.1. The van der Waals surface area contributed by atoms with Crippen LogP contribution >= 0.6 is 23.5 Å². The molecule has 0 aromatic heterocycles. The molecule has 0 bridgehead atoms. The van der Waals surface area contributed by atoms with E-state index < -0.39 is 78.0 Å². The predicted molar refractivity (Wildman–Crippen MR) is 214 cm³/mol. The van der Waals surface area contributed by atoms with Gasteiger partial charge in [0.1, 0.15) is 18.3 Å². The summed E-state index contributed by atoms with van der Waals surface area (Å²) >= 11 is 0. The van der Waals surface area contributed by atoms with Gasteiger partial charge >= 0.3 is 41.4 Å². The van der Waals surface area contributed by atoms with Crippen molar-refractivity contribution in [2.75, 3.05) is 39.6 Å². The van der Waals surface area contributed by atoms with Crippen LogP contribution in [0, 0.1) is 0 Å². The van der Waals surface area contributed by atoms with Crippen molar-refractivity contribution in [2.24, 2.45) is 0 Å². The zero-order valence-corrected chi connectivity index (χ0v) is 36.7. The molecule has 21 heteroatoms. The first-order valence-electron chi connectivity index (χ1n) is 19.3. The number of rotatable bonds is 24. The maximum absolute atomic E-state index is 14.4. The van der Waals surface area contributed by atoms with Crippen LogP contribution in [-0.4, -0.2) is 94.2 Å². The molecule has 0 saturated heterocycles. The van der Waals surface area contributed by atoms with Gasteiger partial charge in [0, 0.05) is 0 Å². The zero-order valence-electron chi connectivity index (χ0n) is 34.1. The van der Waals surface area contributed by atoms with E-state index in [0.717, 1.165) is 0 Å². The molecule has 1 saturated carbocycles. The van der Waals surface area contributed by atoms with Gasteiger partial charge in [0.05, 0.1) is 56.3 Å². The Morgan fingerprint density at radius 2 is 0.567 bits per heavy atom. The van der Waals surface area contributed by atoms with E-state index in [1.807, 2.05) is 0 Å². The van der Waals surface area contributed by atoms with E-state index in [9.17, 15) is 28.1 Å². The van der Waals surface area contributed by atoms with E-state index in [1.165, 1.54) is 77.9 Å². The topological polar surface area (TPSA) is 213 Å². The lowest BCUT2D eigenvalue weighted by atomic mass is 9.84. The Balaban J connectivity index is 2.11. The number of hydrogen-bond donors (Lipinski definition) is 0. The minimum atomic E-state index is -4.77. The fourth-order valence-electron chi connectivity index (χ4n) is 5.87. The van der Waals surface area contributed by atoms with Crippen molar-refractivity contribution < 1.29 is 83.0 Å². The second-order valence-corrected chi connectivity index (χ2v) is 17.1. The van der Waals surface area contributed by atoms with E-state index in [1.54, 1.807) is 54.6 Å². The highest BCUT2D eigenvalue weighted by Crippen LogP contribution is 2.59. The van der Waals surface area contributed by atoms with Gasteiger partial charge in [-0.05, 0) is 77.9 Å². The van der Waals surface area contributed by atoms with Gasteiger partial charge in [-0.15, -0.1) is 0 Å². The number of hydrogen-bond acceptors (Lipinski definition) is 18. The van der Waals surface area contributed by atoms with Crippen molar-refractivity contribution in [1.29, 1.82) is 0 Å². The number of phosphoric acid groups is 3. The van der Waals surface area contributed by atoms with Gasteiger partial charge in [-0.2, -0.15) is 0 Å². The minimum Gasteiger partial charge on any atom is -0.453 e. The highest BCUT2D eigenvalue weighted by atomic mass is 31.2. The highest BCUT2D eigenvalue weighted by molar-refractivity contribution is 7.49. The lowest BCUT2D eigenvalue weighted by Crippen LogP contribution is -2.68. The van der Waals surface area contributed by atoms with E-state index in [0.29, 0.717) is 0 Å². The molecule has 3 aromatic rings. The maximum Gasteiger partial charge on any atom is 0.475 e. The third kappa shape index (κ3) is 13.4. The van der Waals surface area contributed by atoms with Gasteiger partial charge in [0.2, 0.25) is 0 Å². The van der Waals surface area contributed by atoms with Gasteiger partial charge in [-0.25, -0.2) is 28.1 Å². The van der Waals surface area contributed by atoms with Crippen molar-refractivity contribution in [3.8, 4) is 0 Å². The molecule has 0 aliphatic heterocycles. The molecular formula is C39H51O18P3. The molecule has 6 atom stereocenters. The molecule has 1 fully saturated rings. The number of carbonyl (C=O) groups is 3. The van der Waals surface area contributed by atoms with Gasteiger partial charge in [0.25, 0.3) is 0 Å². The Morgan fingerprint density at radius 3 is 0.783 bits per heavy atom. The van der Waals surface area contributed by atoms with E-state index in [2.05, 4.69) is 0 Å². The number of ether oxygens (including phenoxy) is 3. The standard InChI is InChI=1S/C39H51O18P3/c1-7-46-58(43,47-8-2)55-34-31(52-37(40)28-22-16-13-17-23-28)32(53-38(41)29-24-18-14-19-25-29)35(56-59(44,48-9-3)49-10-4)36(57-60(45,50-11-5)51-12-6)33(34)54-39(42)30-26-20-15-21-27-30/h13-27,31-36H,7-12H2,1-6H3/t31-,32-,33-,34-,35+,36+/m0/s1. The first-order chi connectivity index (χ1) is 28.8. The van der Waals surface area contributed by atoms with Crippen molar-refractivity contribution >= 4 is 41.4 Å². The molecule has 4 rings (SSSR count). The molecule has 0 N–H and O–H groups in total. The largest absolute Gasteiger partial charge is 0.475 e. The van der Waals surface area contributed by atoms with Gasteiger partial charge in [-0.1, -0.05) is 54.6 Å². The van der Waals surface area contributed by atoms with Crippen LogP contribution in [0.5, 0.6) is 0 Å². The lowest BCUT2D eigenvalue weighted by molar-refractivity contribution is -0.215. The Labute approximate surface area is 349 Å². The van der Waals surface area contributed by atoms with E-state index >= 15 is 0 Å². The second-order valence-electron chi connectivity index (χ2n) is 12.3. The average molecular weight is 901 g/mol. The number of benzene rings is 3. The van der Waals surface area contributed by atoms with Crippen molar-refractivity contribution in [2.45, 2.75) is 78.2 Å². The van der Waals surface area contributed by atoms with Crippen LogP contribution in [0.1, 0.15) is 72.6 Å². The van der Waals surface area contributed by atoms with Crippen LogP contribution in [0.2, 0.25) is 0 Å². The Kier molecular flexibility index (Phi) is 19.3. The molecule has 0 radical (unpaired) electrons. The average Bonchev–Trinajstić information content (AvgIpc) is 3.23. The monoisotopic (exact) mass is 900 g/mol. The van der Waals surface area contributed by atoms with Crippen LogP contribution in [0.15, 0.2) is 91.0 Å². The summed E-state index contributed by atoms with van der Waals surface area (Å²) in [5.41, 5.74) is -0.0476. The Hall–Kier alpha value is -3.60. The summed E-state index contributed by atoms with van der Waals surface area (Å²) in [6.45, 7) is 7.53. The minimum absolute atomic E-state index is 0.0117. The third-order valence-electron chi connectivity index (χ3n) is 8.18. The van der Waals surface area contributed by atoms with E-state index in [4.69, 9.17) is 54.9 Å². The van der Waals surface area contributed by atoms with Crippen LogP contribution in [0.4, 0.5) is 0 Å². The lowest BCUT2D eigenvalue weighted by Gasteiger charge is -2.48. The molecule has 330 valence electrons. The van der Waals surface area contributed by atoms with Crippen LogP contribution in [0.25, 0.3) is 0 Å². The van der Waals surface area contributed by atoms with Crippen LogP contribution in [-0.2, 0) is 68.6 Å². The normalized spacial score (nSPS) is 20.9. The molecular weight excluding hydrogens is 849 g/mol. The van der Waals surface area contributed by atoms with Crippen molar-refractivity contribution in [3.63, 3.8) is 0 Å². The molecule has 0 spiro atoms. The highest BCUT2D eigenvalue weighted by Gasteiger charge is 2.63. The van der Waals surface area contributed by atoms with E-state index in [-0.39, 0.29) is 56.3 Å². The smallest absolute Gasteiger partial charge is 0.453 e. The van der Waals surface area contributed by atoms with Gasteiger partial charge in [-0.3, -0.25) is 40.7 Å². The molecule has 0 unspecified atom stereocenters. The van der Waals surface area contributed by atoms with Gasteiger partial charge < -0.3 is 14.2 Å². The zero-order chi connectivity index (χ0) is 43.8. The predicted octanol–water partition coefficient (Wildman–Crippen LogP) is 8.38. The van der Waals surface area contributed by atoms with Gasteiger partial charge in [0.15, 0.2) is 18.3 Å². The molecule has 1 aliphatic rings. The summed E-state index contributed by atoms with van der Waals surface area (Å²) in [5.74, 6) is -3.15. The summed E-state index contributed by atoms with van der Waals surface area (Å²) in [6.07, 6.45) is -12.4. The number of carbonyl (C=O) groups excluding carboxylic acids is 3. The quantitative estimate of drug-likeness (QED) is 0.0469. The summed E-state index contributed by atoms with van der Waals surface area (Å²) in [7, 11) is -14.3. The fourth-order valence-corrected chi connectivity index (χ4v) is 9.97. The first-order valence-corrected chi connectivity index (χ1v) is 23.7. The maximum atomic E-state index is 14.4. The third-order valence-corrected chi connectivity index (χ3v) is 13.1. The SMILES string of the molecule is CCOP(=O)(OCC)O[C@H]1[C@@H](OC(=O)c2ccccc2)[C@H](OC(=O)c2ccccc2)[C@@H](OP(=O)(OCC)OCC)[C@H](OP(=O)(OCC)OCC)[C@H]1OC(=O)c1ccccc1. The number of phosphoric ester groups is 3. The Morgan fingerprint density at radius 1 is 0.367 bits per heavy atom.